The first-order chi connectivity index (χ1) is 4.70. The van der Waals surface area contributed by atoms with Crippen LogP contribution in [-0.4, -0.2) is 17.1 Å². The number of carbonyl (C=O) groups is 1. The molecule has 0 aromatic carbocycles. The normalized spacial score (nSPS) is 23.2. The first kappa shape index (κ1) is 6.67. The van der Waals surface area contributed by atoms with E-state index in [-0.39, 0.29) is 0 Å². The number of hydrogen-bond donors (Lipinski definition) is 3. The van der Waals surface area contributed by atoms with Crippen molar-refractivity contribution in [1.82, 2.24) is 5.32 Å². The van der Waals surface area contributed by atoms with Crippen LogP contribution >= 0.6 is 0 Å². The maximum absolute atomic E-state index is 10.3. The minimum atomic E-state index is -0.924. The van der Waals surface area contributed by atoms with E-state index in [2.05, 4.69) is 5.32 Å². The van der Waals surface area contributed by atoms with Crippen LogP contribution in [0.2, 0.25) is 0 Å². The Morgan fingerprint density at radius 2 is 2.50 bits per heavy atom. The van der Waals surface area contributed by atoms with Crippen molar-refractivity contribution in [2.45, 2.75) is 6.04 Å². The zero-order valence-corrected chi connectivity index (χ0v) is 5.24. The van der Waals surface area contributed by atoms with Gasteiger partial charge in [-0.25, -0.2) is 4.79 Å². The Morgan fingerprint density at radius 3 is 2.90 bits per heavy atom. The molecule has 0 bridgehead atoms. The SMILES string of the molecule is NC1=CC(C(=O)O)NC=C1. The van der Waals surface area contributed by atoms with Crippen LogP contribution in [-0.2, 0) is 4.79 Å². The summed E-state index contributed by atoms with van der Waals surface area (Å²) in [4.78, 5) is 10.3. The molecule has 0 amide bonds. The van der Waals surface area contributed by atoms with Crippen molar-refractivity contribution in [2.24, 2.45) is 5.73 Å². The third-order valence-electron chi connectivity index (χ3n) is 1.18. The van der Waals surface area contributed by atoms with Gasteiger partial charge in [0.05, 0.1) is 0 Å². The Labute approximate surface area is 58.0 Å². The summed E-state index contributed by atoms with van der Waals surface area (Å²) in [7, 11) is 0. The van der Waals surface area contributed by atoms with Gasteiger partial charge in [0.2, 0.25) is 0 Å². The predicted molar refractivity (Wildman–Crippen MR) is 36.0 cm³/mol. The third-order valence-corrected chi connectivity index (χ3v) is 1.18. The van der Waals surface area contributed by atoms with Crippen molar-refractivity contribution in [2.75, 3.05) is 0 Å². The topological polar surface area (TPSA) is 75.4 Å². The van der Waals surface area contributed by atoms with E-state index in [9.17, 15) is 4.79 Å². The van der Waals surface area contributed by atoms with Gasteiger partial charge in [0.25, 0.3) is 0 Å². The monoisotopic (exact) mass is 140 g/mol. The van der Waals surface area contributed by atoms with Gasteiger partial charge in [-0.05, 0) is 18.4 Å². The van der Waals surface area contributed by atoms with Crippen molar-refractivity contribution in [3.05, 3.63) is 24.0 Å². The third kappa shape index (κ3) is 1.28. The van der Waals surface area contributed by atoms with Crippen molar-refractivity contribution in [3.63, 3.8) is 0 Å². The predicted octanol–water partition coefficient (Wildman–Crippen LogP) is -0.601. The maximum atomic E-state index is 10.3. The number of carboxylic acid groups (broad SMARTS) is 1. The second-order valence-electron chi connectivity index (χ2n) is 1.98. The first-order valence-electron chi connectivity index (χ1n) is 2.83. The van der Waals surface area contributed by atoms with Gasteiger partial charge in [-0.2, -0.15) is 0 Å². The minimum Gasteiger partial charge on any atom is -0.479 e. The maximum Gasteiger partial charge on any atom is 0.330 e. The Balaban J connectivity index is 2.69. The average molecular weight is 140 g/mol. The van der Waals surface area contributed by atoms with Crippen LogP contribution in [0.4, 0.5) is 0 Å². The molecule has 54 valence electrons. The molecular weight excluding hydrogens is 132 g/mol. The largest absolute Gasteiger partial charge is 0.479 e. The Bertz CT molecular complexity index is 208. The Kier molecular flexibility index (Phi) is 1.62. The van der Waals surface area contributed by atoms with Crippen molar-refractivity contribution < 1.29 is 9.90 Å². The van der Waals surface area contributed by atoms with E-state index < -0.39 is 12.0 Å². The second kappa shape index (κ2) is 2.43. The Hall–Kier alpha value is -1.45. The summed E-state index contributed by atoms with van der Waals surface area (Å²) >= 11 is 0. The van der Waals surface area contributed by atoms with Crippen LogP contribution in [0.1, 0.15) is 0 Å². The molecule has 1 aliphatic heterocycles. The Morgan fingerprint density at radius 1 is 1.80 bits per heavy atom. The number of aliphatic carboxylic acids is 1. The summed E-state index contributed by atoms with van der Waals surface area (Å²) in [5, 5.41) is 11.1. The molecule has 1 atom stereocenters. The highest BCUT2D eigenvalue weighted by atomic mass is 16.4. The van der Waals surface area contributed by atoms with Gasteiger partial charge < -0.3 is 16.2 Å². The van der Waals surface area contributed by atoms with Crippen LogP contribution in [0.3, 0.4) is 0 Å². The lowest BCUT2D eigenvalue weighted by Gasteiger charge is -2.11. The van der Waals surface area contributed by atoms with E-state index >= 15 is 0 Å². The highest BCUT2D eigenvalue weighted by Crippen LogP contribution is 1.98. The van der Waals surface area contributed by atoms with Gasteiger partial charge in [0.1, 0.15) is 6.04 Å². The van der Waals surface area contributed by atoms with Crippen LogP contribution in [0, 0.1) is 0 Å². The molecule has 10 heavy (non-hydrogen) atoms. The highest BCUT2D eigenvalue weighted by molar-refractivity contribution is 5.76. The van der Waals surface area contributed by atoms with Gasteiger partial charge in [-0.3, -0.25) is 0 Å². The summed E-state index contributed by atoms with van der Waals surface area (Å²) in [6, 6.07) is -0.676. The van der Waals surface area contributed by atoms with Gasteiger partial charge in [0, 0.05) is 5.70 Å². The quantitative estimate of drug-likeness (QED) is 0.454. The van der Waals surface area contributed by atoms with E-state index in [1.165, 1.54) is 12.3 Å². The summed E-state index contributed by atoms with van der Waals surface area (Å²) < 4.78 is 0. The molecule has 4 N–H and O–H groups in total. The molecule has 0 spiro atoms. The molecule has 0 radical (unpaired) electrons. The molecule has 0 saturated carbocycles. The standard InChI is InChI=1S/C6H8N2O2/c7-4-1-2-8-5(3-4)6(9)10/h1-3,5,8H,7H2,(H,9,10). The molecule has 0 aromatic rings. The van der Waals surface area contributed by atoms with Crippen LogP contribution in [0.5, 0.6) is 0 Å². The zero-order chi connectivity index (χ0) is 7.56. The molecule has 1 unspecified atom stereocenters. The fraction of sp³-hybridized carbons (Fsp3) is 0.167. The van der Waals surface area contributed by atoms with Gasteiger partial charge in [-0.15, -0.1) is 0 Å². The van der Waals surface area contributed by atoms with Crippen molar-refractivity contribution in [3.8, 4) is 0 Å². The average Bonchev–Trinajstić information content (AvgIpc) is 1.88. The van der Waals surface area contributed by atoms with E-state index in [0.29, 0.717) is 5.70 Å². The molecular formula is C6H8N2O2. The molecule has 1 aliphatic rings. The van der Waals surface area contributed by atoms with Gasteiger partial charge in [0.15, 0.2) is 0 Å². The number of allylic oxidation sites excluding steroid dienone is 1. The molecule has 0 aliphatic carbocycles. The number of hydrogen-bond acceptors (Lipinski definition) is 3. The smallest absolute Gasteiger partial charge is 0.330 e. The second-order valence-corrected chi connectivity index (χ2v) is 1.98. The summed E-state index contributed by atoms with van der Waals surface area (Å²) in [5.41, 5.74) is 5.81. The van der Waals surface area contributed by atoms with Gasteiger partial charge in [-0.1, -0.05) is 0 Å². The van der Waals surface area contributed by atoms with Crippen LogP contribution < -0.4 is 11.1 Å². The number of dihydropyridines is 1. The molecule has 0 saturated heterocycles. The lowest BCUT2D eigenvalue weighted by atomic mass is 10.2. The molecule has 1 heterocycles. The minimum absolute atomic E-state index is 0.478. The van der Waals surface area contributed by atoms with Crippen molar-refractivity contribution >= 4 is 5.97 Å². The fourth-order valence-electron chi connectivity index (χ4n) is 0.687. The van der Waals surface area contributed by atoms with Gasteiger partial charge >= 0.3 is 5.97 Å². The number of nitrogens with one attached hydrogen (secondary N) is 1. The highest BCUT2D eigenvalue weighted by Gasteiger charge is 2.13. The number of rotatable bonds is 1. The first-order valence-corrected chi connectivity index (χ1v) is 2.83. The summed E-state index contributed by atoms with van der Waals surface area (Å²) in [6.45, 7) is 0. The zero-order valence-electron chi connectivity index (χ0n) is 5.24. The van der Waals surface area contributed by atoms with E-state index in [1.807, 2.05) is 0 Å². The van der Waals surface area contributed by atoms with Crippen LogP contribution in [0.15, 0.2) is 24.0 Å². The fourth-order valence-corrected chi connectivity index (χ4v) is 0.687. The summed E-state index contributed by atoms with van der Waals surface area (Å²) in [6.07, 6.45) is 4.58. The van der Waals surface area contributed by atoms with Crippen LogP contribution in [0.25, 0.3) is 0 Å². The molecule has 0 aromatic heterocycles. The molecule has 4 nitrogen and oxygen atoms in total. The molecule has 0 fully saturated rings. The number of carboxylic acids is 1. The van der Waals surface area contributed by atoms with E-state index in [0.717, 1.165) is 0 Å². The van der Waals surface area contributed by atoms with E-state index in [4.69, 9.17) is 10.8 Å². The van der Waals surface area contributed by atoms with Crippen molar-refractivity contribution in [1.29, 1.82) is 0 Å². The number of nitrogens with two attached hydrogens (primary N) is 1. The summed E-state index contributed by atoms with van der Waals surface area (Å²) in [5.74, 6) is -0.924. The van der Waals surface area contributed by atoms with E-state index in [1.54, 1.807) is 6.08 Å². The lowest BCUT2D eigenvalue weighted by molar-refractivity contribution is -0.137. The molecule has 1 rings (SSSR count). The lowest BCUT2D eigenvalue weighted by Crippen LogP contribution is -2.33. The molecule has 4 heteroatoms.